The Balaban J connectivity index is 1.68. The Hall–Kier alpha value is -2.62. The highest BCUT2D eigenvalue weighted by molar-refractivity contribution is 6.31. The third-order valence-electron chi connectivity index (χ3n) is 4.88. The molecule has 5 heteroatoms. The molecule has 0 spiro atoms. The summed E-state index contributed by atoms with van der Waals surface area (Å²) in [7, 11) is 1.73. The smallest absolute Gasteiger partial charge is 0.258 e. The molecule has 3 rings (SSSR count). The number of carbonyl (C=O) groups is 2. The Bertz CT molecular complexity index is 1050. The van der Waals surface area contributed by atoms with Crippen LogP contribution in [0.15, 0.2) is 66.7 Å². The van der Waals surface area contributed by atoms with E-state index < -0.39 is 0 Å². The van der Waals surface area contributed by atoms with E-state index in [2.05, 4.69) is 0 Å². The lowest BCUT2D eigenvalue weighted by atomic mass is 9.97. The maximum absolute atomic E-state index is 12.8. The normalized spacial score (nSPS) is 10.6. The average Bonchev–Trinajstić information content (AvgIpc) is 2.72. The minimum atomic E-state index is -0.100. The van der Waals surface area contributed by atoms with Crippen LogP contribution in [0.3, 0.4) is 0 Å². The summed E-state index contributed by atoms with van der Waals surface area (Å²) < 4.78 is 0. The van der Waals surface area contributed by atoms with Gasteiger partial charge in [-0.15, -0.1) is 0 Å². The summed E-state index contributed by atoms with van der Waals surface area (Å²) in [6, 6.07) is 19.7. The van der Waals surface area contributed by atoms with Gasteiger partial charge in [-0.1, -0.05) is 41.4 Å². The van der Waals surface area contributed by atoms with E-state index in [0.29, 0.717) is 34.0 Å². The maximum Gasteiger partial charge on any atom is 0.258 e. The predicted molar refractivity (Wildman–Crippen MR) is 119 cm³/mol. The van der Waals surface area contributed by atoms with E-state index in [1.807, 2.05) is 31.2 Å². The highest BCUT2D eigenvalue weighted by Gasteiger charge is 2.15. The molecule has 0 saturated carbocycles. The van der Waals surface area contributed by atoms with Gasteiger partial charge in [0.1, 0.15) is 0 Å². The van der Waals surface area contributed by atoms with Crippen molar-refractivity contribution in [3.05, 3.63) is 99.0 Å². The third-order valence-corrected chi connectivity index (χ3v) is 5.36. The summed E-state index contributed by atoms with van der Waals surface area (Å²) in [5, 5.41) is 1.18. The first-order chi connectivity index (χ1) is 13.8. The summed E-state index contributed by atoms with van der Waals surface area (Å²) in [4.78, 5) is 26.8. The lowest BCUT2D eigenvalue weighted by Crippen LogP contribution is -2.26. The summed E-state index contributed by atoms with van der Waals surface area (Å²) >= 11 is 11.9. The van der Waals surface area contributed by atoms with Gasteiger partial charge < -0.3 is 4.90 Å². The van der Waals surface area contributed by atoms with Crippen molar-refractivity contribution in [2.45, 2.75) is 19.8 Å². The van der Waals surface area contributed by atoms with E-state index in [-0.39, 0.29) is 11.7 Å². The van der Waals surface area contributed by atoms with Crippen LogP contribution < -0.4 is 4.90 Å². The lowest BCUT2D eigenvalue weighted by Gasteiger charge is -2.18. The lowest BCUT2D eigenvalue weighted by molar-refractivity contribution is 0.0977. The van der Waals surface area contributed by atoms with Crippen molar-refractivity contribution in [1.82, 2.24) is 0 Å². The molecule has 0 aliphatic rings. The number of aryl methyl sites for hydroxylation is 2. The van der Waals surface area contributed by atoms with Crippen LogP contribution in [0.4, 0.5) is 5.69 Å². The Morgan fingerprint density at radius 1 is 0.862 bits per heavy atom. The molecule has 3 aromatic rings. The second-order valence-electron chi connectivity index (χ2n) is 6.92. The number of carbonyl (C=O) groups excluding carboxylic acids is 2. The molecule has 3 aromatic carbocycles. The average molecular weight is 426 g/mol. The van der Waals surface area contributed by atoms with Gasteiger partial charge in [0, 0.05) is 40.3 Å². The quantitative estimate of drug-likeness (QED) is 0.428. The number of anilines is 1. The van der Waals surface area contributed by atoms with E-state index in [0.717, 1.165) is 16.8 Å². The van der Waals surface area contributed by atoms with E-state index >= 15 is 0 Å². The summed E-state index contributed by atoms with van der Waals surface area (Å²) in [6.07, 6.45) is 0.998. The van der Waals surface area contributed by atoms with Gasteiger partial charge in [0.15, 0.2) is 5.78 Å². The van der Waals surface area contributed by atoms with E-state index in [1.54, 1.807) is 54.4 Å². The fourth-order valence-corrected chi connectivity index (χ4v) is 3.46. The van der Waals surface area contributed by atoms with E-state index in [9.17, 15) is 9.59 Å². The minimum Gasteiger partial charge on any atom is -0.311 e. The van der Waals surface area contributed by atoms with Crippen LogP contribution in [-0.2, 0) is 6.42 Å². The van der Waals surface area contributed by atoms with Crippen LogP contribution in [0.25, 0.3) is 0 Å². The number of ketones is 1. The van der Waals surface area contributed by atoms with Crippen LogP contribution in [0.5, 0.6) is 0 Å². The van der Waals surface area contributed by atoms with Gasteiger partial charge in [-0.2, -0.15) is 0 Å². The van der Waals surface area contributed by atoms with Crippen LogP contribution in [0, 0.1) is 6.92 Å². The SMILES string of the molecule is Cc1cc(C(=O)N(C)c2ccc(Cl)cc2)ccc1CCC(=O)c1cccc(Cl)c1. The maximum atomic E-state index is 12.8. The molecule has 1 amide bonds. The van der Waals surface area contributed by atoms with Crippen molar-refractivity contribution in [3.63, 3.8) is 0 Å². The van der Waals surface area contributed by atoms with E-state index in [1.165, 1.54) is 0 Å². The van der Waals surface area contributed by atoms with Crippen LogP contribution in [0.2, 0.25) is 10.0 Å². The molecule has 3 nitrogen and oxygen atoms in total. The van der Waals surface area contributed by atoms with Gasteiger partial charge in [0.25, 0.3) is 5.91 Å². The molecule has 0 bridgehead atoms. The van der Waals surface area contributed by atoms with Gasteiger partial charge in [0.05, 0.1) is 0 Å². The molecule has 0 fully saturated rings. The molecule has 0 N–H and O–H groups in total. The molecule has 0 aliphatic heterocycles. The van der Waals surface area contributed by atoms with Gasteiger partial charge >= 0.3 is 0 Å². The topological polar surface area (TPSA) is 37.4 Å². The minimum absolute atomic E-state index is 0.0505. The Morgan fingerprint density at radius 3 is 2.24 bits per heavy atom. The second kappa shape index (κ2) is 9.25. The molecule has 29 heavy (non-hydrogen) atoms. The first kappa shape index (κ1) is 21.1. The highest BCUT2D eigenvalue weighted by Crippen LogP contribution is 2.21. The number of hydrogen-bond acceptors (Lipinski definition) is 2. The Labute approximate surface area is 180 Å². The molecule has 0 saturated heterocycles. The molecule has 0 unspecified atom stereocenters. The van der Waals surface area contributed by atoms with E-state index in [4.69, 9.17) is 23.2 Å². The highest BCUT2D eigenvalue weighted by atomic mass is 35.5. The van der Waals surface area contributed by atoms with Crippen LogP contribution in [-0.4, -0.2) is 18.7 Å². The van der Waals surface area contributed by atoms with Crippen LogP contribution >= 0.6 is 23.2 Å². The molecule has 0 heterocycles. The number of rotatable bonds is 6. The molecule has 148 valence electrons. The molecule has 0 aromatic heterocycles. The number of amides is 1. The summed E-state index contributed by atoms with van der Waals surface area (Å²) in [5.41, 5.74) is 4.02. The van der Waals surface area contributed by atoms with Gasteiger partial charge in [0.2, 0.25) is 0 Å². The molecule has 0 atom stereocenters. The number of benzene rings is 3. The fourth-order valence-electron chi connectivity index (χ4n) is 3.14. The van der Waals surface area contributed by atoms with Crippen molar-refractivity contribution in [2.75, 3.05) is 11.9 Å². The van der Waals surface area contributed by atoms with Gasteiger partial charge in [-0.05, 0) is 73.0 Å². The monoisotopic (exact) mass is 425 g/mol. The first-order valence-electron chi connectivity index (χ1n) is 9.27. The molecule has 0 radical (unpaired) electrons. The third kappa shape index (κ3) is 5.26. The van der Waals surface area contributed by atoms with Crippen molar-refractivity contribution in [1.29, 1.82) is 0 Å². The zero-order chi connectivity index (χ0) is 21.0. The van der Waals surface area contributed by atoms with Gasteiger partial charge in [-0.3, -0.25) is 9.59 Å². The number of hydrogen-bond donors (Lipinski definition) is 0. The molecular formula is C24H21Cl2NO2. The fraction of sp³-hybridized carbons (Fsp3) is 0.167. The number of Topliss-reactive ketones (excluding diaryl/α,β-unsaturated/α-hetero) is 1. The Morgan fingerprint density at radius 2 is 1.59 bits per heavy atom. The van der Waals surface area contributed by atoms with Crippen molar-refractivity contribution in [2.24, 2.45) is 0 Å². The summed E-state index contributed by atoms with van der Waals surface area (Å²) in [5.74, 6) is -0.0495. The standard InChI is InChI=1S/C24H21Cl2NO2/c1-16-14-19(24(29)27(2)22-11-9-20(25)10-12-22)7-6-17(16)8-13-23(28)18-4-3-5-21(26)15-18/h3-7,9-12,14-15H,8,13H2,1-2H3. The molecular weight excluding hydrogens is 405 g/mol. The molecule has 0 aliphatic carbocycles. The van der Waals surface area contributed by atoms with Crippen molar-refractivity contribution >= 4 is 40.6 Å². The predicted octanol–water partition coefficient (Wildman–Crippen LogP) is 6.39. The van der Waals surface area contributed by atoms with Crippen molar-refractivity contribution < 1.29 is 9.59 Å². The van der Waals surface area contributed by atoms with Crippen LogP contribution in [0.1, 0.15) is 38.3 Å². The van der Waals surface area contributed by atoms with Gasteiger partial charge in [-0.25, -0.2) is 0 Å². The van der Waals surface area contributed by atoms with Crippen molar-refractivity contribution in [3.8, 4) is 0 Å². The largest absolute Gasteiger partial charge is 0.311 e. The zero-order valence-corrected chi connectivity index (χ0v) is 17.8. The number of nitrogens with zero attached hydrogens (tertiary/aromatic N) is 1. The first-order valence-corrected chi connectivity index (χ1v) is 10.0. The number of halogens is 2. The Kier molecular flexibility index (Phi) is 6.73. The summed E-state index contributed by atoms with van der Waals surface area (Å²) in [6.45, 7) is 1.96. The second-order valence-corrected chi connectivity index (χ2v) is 7.79. The zero-order valence-electron chi connectivity index (χ0n) is 16.3.